The minimum absolute atomic E-state index is 0.0221. The molecule has 0 unspecified atom stereocenters. The Morgan fingerprint density at radius 3 is 2.27 bits per heavy atom. The fraction of sp³-hybridized carbons (Fsp3) is 0.667. The van der Waals surface area contributed by atoms with E-state index in [1.807, 2.05) is 0 Å². The molecular formula is C9H13F3O3. The van der Waals surface area contributed by atoms with Gasteiger partial charge in [0, 0.05) is 0 Å². The van der Waals surface area contributed by atoms with Crippen LogP contribution < -0.4 is 0 Å². The van der Waals surface area contributed by atoms with Gasteiger partial charge in [0.2, 0.25) is 5.76 Å². The number of hydrogen-bond donors (Lipinski definition) is 0. The molecule has 0 heterocycles. The first-order valence-corrected chi connectivity index (χ1v) is 4.50. The molecule has 0 aromatic carbocycles. The van der Waals surface area contributed by atoms with Gasteiger partial charge in [-0.3, -0.25) is 0 Å². The summed E-state index contributed by atoms with van der Waals surface area (Å²) in [5, 5.41) is 0. The molecule has 0 radical (unpaired) electrons. The van der Waals surface area contributed by atoms with E-state index in [1.54, 1.807) is 6.92 Å². The summed E-state index contributed by atoms with van der Waals surface area (Å²) in [7, 11) is 0. The fourth-order valence-electron chi connectivity index (χ4n) is 0.708. The Balaban J connectivity index is 4.54. The molecule has 0 aromatic rings. The van der Waals surface area contributed by atoms with E-state index < -0.39 is 17.9 Å². The van der Waals surface area contributed by atoms with Gasteiger partial charge in [-0.15, -0.1) is 0 Å². The molecule has 0 aliphatic carbocycles. The molecule has 0 aliphatic heterocycles. The quantitative estimate of drug-likeness (QED) is 0.410. The van der Waals surface area contributed by atoms with Gasteiger partial charge in [-0.05, 0) is 13.3 Å². The van der Waals surface area contributed by atoms with Crippen molar-refractivity contribution in [1.82, 2.24) is 0 Å². The lowest BCUT2D eigenvalue weighted by atomic mass is 10.4. The molecule has 0 spiro atoms. The second-order valence-corrected chi connectivity index (χ2v) is 2.61. The number of carbonyl (C=O) groups is 1. The molecule has 0 atom stereocenters. The average molecular weight is 226 g/mol. The van der Waals surface area contributed by atoms with Crippen LogP contribution in [0.5, 0.6) is 0 Å². The van der Waals surface area contributed by atoms with Crippen LogP contribution in [-0.4, -0.2) is 25.4 Å². The summed E-state index contributed by atoms with van der Waals surface area (Å²) in [6.45, 7) is 3.10. The lowest BCUT2D eigenvalue weighted by Crippen LogP contribution is -2.17. The lowest BCUT2D eigenvalue weighted by molar-refractivity contribution is -0.143. The summed E-state index contributed by atoms with van der Waals surface area (Å²) < 4.78 is 45.5. The van der Waals surface area contributed by atoms with Crippen LogP contribution in [0, 0.1) is 0 Å². The van der Waals surface area contributed by atoms with Crippen molar-refractivity contribution in [2.24, 2.45) is 0 Å². The van der Waals surface area contributed by atoms with Crippen molar-refractivity contribution >= 4 is 5.97 Å². The highest BCUT2D eigenvalue weighted by Crippen LogP contribution is 2.26. The van der Waals surface area contributed by atoms with Crippen LogP contribution in [0.25, 0.3) is 0 Å². The summed E-state index contributed by atoms with van der Waals surface area (Å²) >= 11 is 0. The Morgan fingerprint density at radius 2 is 1.87 bits per heavy atom. The molecule has 88 valence electrons. The van der Waals surface area contributed by atoms with E-state index in [1.165, 1.54) is 6.92 Å². The Kier molecular flexibility index (Phi) is 5.81. The molecule has 0 saturated heterocycles. The maximum absolute atomic E-state index is 12.2. The van der Waals surface area contributed by atoms with Crippen molar-refractivity contribution in [1.29, 1.82) is 0 Å². The van der Waals surface area contributed by atoms with Crippen LogP contribution in [-0.2, 0) is 14.3 Å². The van der Waals surface area contributed by atoms with Crippen LogP contribution in [0.1, 0.15) is 20.3 Å². The molecule has 0 aliphatic rings. The van der Waals surface area contributed by atoms with Gasteiger partial charge in [0.1, 0.15) is 0 Å². The molecule has 0 rings (SSSR count). The second kappa shape index (κ2) is 6.31. The number of halogens is 3. The van der Waals surface area contributed by atoms with E-state index >= 15 is 0 Å². The summed E-state index contributed by atoms with van der Waals surface area (Å²) in [4.78, 5) is 10.8. The number of carbonyl (C=O) groups excluding carboxylic acids is 1. The van der Waals surface area contributed by atoms with E-state index in [0.717, 1.165) is 0 Å². The van der Waals surface area contributed by atoms with E-state index in [9.17, 15) is 18.0 Å². The maximum atomic E-state index is 12.2. The molecular weight excluding hydrogens is 213 g/mol. The zero-order valence-electron chi connectivity index (χ0n) is 8.56. The third-order valence-corrected chi connectivity index (χ3v) is 1.28. The number of allylic oxidation sites excluding steroid dienone is 1. The molecule has 6 heteroatoms. The number of ether oxygens (including phenoxy) is 2. The standard InChI is InChI=1S/C9H13F3O3/c1-3-5-15-7(9(10,11)12)6-8(13)14-4-2/h6H,3-5H2,1-2H3/b7-6-. The minimum atomic E-state index is -4.66. The summed E-state index contributed by atoms with van der Waals surface area (Å²) in [5.74, 6) is -2.37. The molecule has 3 nitrogen and oxygen atoms in total. The molecule has 0 fully saturated rings. The number of rotatable bonds is 5. The van der Waals surface area contributed by atoms with Gasteiger partial charge in [-0.25, -0.2) is 4.79 Å². The molecule has 0 aromatic heterocycles. The van der Waals surface area contributed by atoms with Crippen molar-refractivity contribution in [3.8, 4) is 0 Å². The Bertz CT molecular complexity index is 233. The van der Waals surface area contributed by atoms with Gasteiger partial charge in [0.05, 0.1) is 19.3 Å². The number of alkyl halides is 3. The van der Waals surface area contributed by atoms with Gasteiger partial charge in [0.15, 0.2) is 0 Å². The zero-order valence-corrected chi connectivity index (χ0v) is 8.56. The van der Waals surface area contributed by atoms with Crippen molar-refractivity contribution < 1.29 is 27.4 Å². The van der Waals surface area contributed by atoms with Gasteiger partial charge in [-0.1, -0.05) is 6.92 Å². The molecule has 15 heavy (non-hydrogen) atoms. The normalized spacial score (nSPS) is 12.5. The SMILES string of the molecule is CCCO/C(=C\C(=O)OCC)C(F)(F)F. The summed E-state index contributed by atoms with van der Waals surface area (Å²) in [6, 6.07) is 0. The third kappa shape index (κ3) is 5.98. The van der Waals surface area contributed by atoms with Crippen molar-refractivity contribution in [3.63, 3.8) is 0 Å². The van der Waals surface area contributed by atoms with Crippen LogP contribution in [0.4, 0.5) is 13.2 Å². The predicted octanol–water partition coefficient (Wildman–Crippen LogP) is 2.42. The largest absolute Gasteiger partial charge is 0.489 e. The molecule has 0 amide bonds. The number of hydrogen-bond acceptors (Lipinski definition) is 3. The monoisotopic (exact) mass is 226 g/mol. The van der Waals surface area contributed by atoms with Crippen molar-refractivity contribution in [3.05, 3.63) is 11.8 Å². The Morgan fingerprint density at radius 1 is 1.27 bits per heavy atom. The summed E-state index contributed by atoms with van der Waals surface area (Å²) in [6.07, 6.45) is -3.92. The highest BCUT2D eigenvalue weighted by atomic mass is 19.4. The highest BCUT2D eigenvalue weighted by molar-refractivity contribution is 5.82. The van der Waals surface area contributed by atoms with E-state index in [2.05, 4.69) is 9.47 Å². The van der Waals surface area contributed by atoms with Gasteiger partial charge in [0.25, 0.3) is 0 Å². The maximum Gasteiger partial charge on any atom is 0.449 e. The predicted molar refractivity (Wildman–Crippen MR) is 47.0 cm³/mol. The first-order chi connectivity index (χ1) is 6.91. The van der Waals surface area contributed by atoms with Gasteiger partial charge in [-0.2, -0.15) is 13.2 Å². The number of esters is 1. The smallest absolute Gasteiger partial charge is 0.449 e. The topological polar surface area (TPSA) is 35.5 Å². The van der Waals surface area contributed by atoms with Crippen LogP contribution in [0.3, 0.4) is 0 Å². The molecule has 0 saturated carbocycles. The van der Waals surface area contributed by atoms with E-state index in [0.29, 0.717) is 12.5 Å². The summed E-state index contributed by atoms with van der Waals surface area (Å²) in [5.41, 5.74) is 0. The van der Waals surface area contributed by atoms with Crippen LogP contribution in [0.2, 0.25) is 0 Å². The lowest BCUT2D eigenvalue weighted by Gasteiger charge is -2.12. The first kappa shape index (κ1) is 13.8. The van der Waals surface area contributed by atoms with Gasteiger partial charge < -0.3 is 9.47 Å². The molecule has 0 N–H and O–H groups in total. The first-order valence-electron chi connectivity index (χ1n) is 4.50. The van der Waals surface area contributed by atoms with E-state index in [4.69, 9.17) is 0 Å². The highest BCUT2D eigenvalue weighted by Gasteiger charge is 2.36. The van der Waals surface area contributed by atoms with Crippen LogP contribution in [0.15, 0.2) is 11.8 Å². The molecule has 0 bridgehead atoms. The third-order valence-electron chi connectivity index (χ3n) is 1.28. The van der Waals surface area contributed by atoms with E-state index in [-0.39, 0.29) is 13.2 Å². The Hall–Kier alpha value is -1.20. The van der Waals surface area contributed by atoms with Crippen molar-refractivity contribution in [2.45, 2.75) is 26.4 Å². The minimum Gasteiger partial charge on any atom is -0.489 e. The fourth-order valence-corrected chi connectivity index (χ4v) is 0.708. The van der Waals surface area contributed by atoms with Gasteiger partial charge >= 0.3 is 12.1 Å². The Labute approximate surface area is 85.9 Å². The van der Waals surface area contributed by atoms with Crippen LogP contribution >= 0.6 is 0 Å². The zero-order chi connectivity index (χ0) is 11.9. The van der Waals surface area contributed by atoms with Crippen molar-refractivity contribution in [2.75, 3.05) is 13.2 Å². The second-order valence-electron chi connectivity index (χ2n) is 2.61. The average Bonchev–Trinajstić information content (AvgIpc) is 2.10.